The quantitative estimate of drug-likeness (QED) is 0.884. The van der Waals surface area contributed by atoms with Crippen LogP contribution in [-0.4, -0.2) is 15.0 Å². The predicted molar refractivity (Wildman–Crippen MR) is 84.2 cm³/mol. The molecular formula is C16H18FNO3S. The van der Waals surface area contributed by atoms with Crippen LogP contribution in [0.15, 0.2) is 47.4 Å². The molecule has 0 spiro atoms. The van der Waals surface area contributed by atoms with Gasteiger partial charge in [-0.05, 0) is 37.1 Å². The van der Waals surface area contributed by atoms with Crippen molar-refractivity contribution in [1.29, 1.82) is 0 Å². The van der Waals surface area contributed by atoms with Crippen molar-refractivity contribution in [2.24, 2.45) is 0 Å². The van der Waals surface area contributed by atoms with E-state index in [9.17, 15) is 12.8 Å². The van der Waals surface area contributed by atoms with E-state index in [-0.39, 0.29) is 17.3 Å². The van der Waals surface area contributed by atoms with Crippen LogP contribution < -0.4 is 9.46 Å². The van der Waals surface area contributed by atoms with Gasteiger partial charge in [-0.25, -0.2) is 12.8 Å². The Morgan fingerprint density at radius 3 is 2.55 bits per heavy atom. The number of ether oxygens (including phenoxy) is 1. The summed E-state index contributed by atoms with van der Waals surface area (Å²) in [6, 6.07) is 10.7. The van der Waals surface area contributed by atoms with Crippen molar-refractivity contribution in [3.05, 3.63) is 53.8 Å². The van der Waals surface area contributed by atoms with Crippen molar-refractivity contribution in [3.8, 4) is 5.75 Å². The third-order valence-corrected chi connectivity index (χ3v) is 4.52. The molecule has 0 aromatic heterocycles. The largest absolute Gasteiger partial charge is 0.491 e. The van der Waals surface area contributed by atoms with Crippen LogP contribution in [0.4, 0.5) is 10.1 Å². The number of hydrogen-bond acceptors (Lipinski definition) is 3. The Balaban J connectivity index is 2.36. The van der Waals surface area contributed by atoms with Crippen LogP contribution in [0.1, 0.15) is 19.4 Å². The van der Waals surface area contributed by atoms with E-state index in [2.05, 4.69) is 4.72 Å². The molecule has 1 N–H and O–H groups in total. The van der Waals surface area contributed by atoms with E-state index in [0.29, 0.717) is 12.1 Å². The molecule has 0 saturated heterocycles. The lowest BCUT2D eigenvalue weighted by Gasteiger charge is -2.13. The van der Waals surface area contributed by atoms with Gasteiger partial charge < -0.3 is 4.74 Å². The van der Waals surface area contributed by atoms with Crippen molar-refractivity contribution in [3.63, 3.8) is 0 Å². The highest BCUT2D eigenvalue weighted by molar-refractivity contribution is 7.92. The summed E-state index contributed by atoms with van der Waals surface area (Å²) in [6.45, 7) is 3.90. The molecular weight excluding hydrogens is 305 g/mol. The highest BCUT2D eigenvalue weighted by atomic mass is 32.2. The third-order valence-electron chi connectivity index (χ3n) is 3.16. The number of benzene rings is 2. The molecule has 2 aromatic rings. The molecule has 118 valence electrons. The van der Waals surface area contributed by atoms with Crippen LogP contribution in [0.5, 0.6) is 5.75 Å². The standard InChI is InChI=1S/C16H18FNO3S/c1-3-12-7-5-6-8-15(12)18-22(19,20)13-9-10-14(17)16(11-13)21-4-2/h5-11,18H,3-4H2,1-2H3. The van der Waals surface area contributed by atoms with Crippen LogP contribution >= 0.6 is 0 Å². The maximum atomic E-state index is 13.6. The fourth-order valence-electron chi connectivity index (χ4n) is 2.05. The summed E-state index contributed by atoms with van der Waals surface area (Å²) in [5, 5.41) is 0. The number of rotatable bonds is 6. The van der Waals surface area contributed by atoms with E-state index < -0.39 is 15.8 Å². The van der Waals surface area contributed by atoms with Crippen molar-refractivity contribution in [2.75, 3.05) is 11.3 Å². The number of nitrogens with one attached hydrogen (secondary N) is 1. The molecule has 4 nitrogen and oxygen atoms in total. The maximum Gasteiger partial charge on any atom is 0.262 e. The van der Waals surface area contributed by atoms with E-state index in [1.165, 1.54) is 12.1 Å². The van der Waals surface area contributed by atoms with E-state index in [1.807, 2.05) is 19.1 Å². The lowest BCUT2D eigenvalue weighted by atomic mass is 10.1. The second-order valence-corrected chi connectivity index (χ2v) is 6.32. The second kappa shape index (κ2) is 6.79. The third kappa shape index (κ3) is 3.57. The topological polar surface area (TPSA) is 55.4 Å². The number of aryl methyl sites for hydroxylation is 1. The van der Waals surface area contributed by atoms with E-state index in [4.69, 9.17) is 4.74 Å². The number of hydrogen-bond donors (Lipinski definition) is 1. The summed E-state index contributed by atoms with van der Waals surface area (Å²) < 4.78 is 46.1. The average Bonchev–Trinajstić information content (AvgIpc) is 2.49. The van der Waals surface area contributed by atoms with Crippen LogP contribution in [0, 0.1) is 5.82 Å². The molecule has 0 saturated carbocycles. The summed E-state index contributed by atoms with van der Waals surface area (Å²) in [5.41, 5.74) is 1.41. The molecule has 2 aromatic carbocycles. The highest BCUT2D eigenvalue weighted by Crippen LogP contribution is 2.25. The van der Waals surface area contributed by atoms with Gasteiger partial charge in [0.25, 0.3) is 10.0 Å². The monoisotopic (exact) mass is 323 g/mol. The second-order valence-electron chi connectivity index (χ2n) is 4.64. The summed E-state index contributed by atoms with van der Waals surface area (Å²) in [4.78, 5) is -0.0387. The van der Waals surface area contributed by atoms with Gasteiger partial charge in [0.05, 0.1) is 17.2 Å². The Hall–Kier alpha value is -2.08. The molecule has 0 aliphatic heterocycles. The Bertz CT molecular complexity index is 760. The van der Waals surface area contributed by atoms with Crippen molar-refractivity contribution in [1.82, 2.24) is 0 Å². The predicted octanol–water partition coefficient (Wildman–Crippen LogP) is 3.59. The molecule has 0 unspecified atom stereocenters. The fraction of sp³-hybridized carbons (Fsp3) is 0.250. The molecule has 6 heteroatoms. The molecule has 2 rings (SSSR count). The Labute approximate surface area is 130 Å². The summed E-state index contributed by atoms with van der Waals surface area (Å²) in [7, 11) is -3.80. The zero-order valence-corrected chi connectivity index (χ0v) is 13.3. The summed E-state index contributed by atoms with van der Waals surface area (Å²) in [6.07, 6.45) is 0.701. The Kier molecular flexibility index (Phi) is 5.03. The van der Waals surface area contributed by atoms with Gasteiger partial charge in [-0.2, -0.15) is 0 Å². The molecule has 0 radical (unpaired) electrons. The number of sulfonamides is 1. The van der Waals surface area contributed by atoms with Gasteiger partial charge in [0, 0.05) is 6.07 Å². The van der Waals surface area contributed by atoms with Gasteiger partial charge in [0.1, 0.15) is 0 Å². The lowest BCUT2D eigenvalue weighted by molar-refractivity contribution is 0.320. The van der Waals surface area contributed by atoms with Crippen LogP contribution in [0.3, 0.4) is 0 Å². The van der Waals surface area contributed by atoms with Gasteiger partial charge in [0.15, 0.2) is 11.6 Å². The average molecular weight is 323 g/mol. The summed E-state index contributed by atoms with van der Waals surface area (Å²) >= 11 is 0. The minimum atomic E-state index is -3.80. The smallest absolute Gasteiger partial charge is 0.262 e. The fourth-order valence-corrected chi connectivity index (χ4v) is 3.16. The molecule has 22 heavy (non-hydrogen) atoms. The van der Waals surface area contributed by atoms with Crippen molar-refractivity contribution < 1.29 is 17.5 Å². The zero-order chi connectivity index (χ0) is 16.2. The van der Waals surface area contributed by atoms with Crippen LogP contribution in [-0.2, 0) is 16.4 Å². The van der Waals surface area contributed by atoms with Gasteiger partial charge in [-0.1, -0.05) is 25.1 Å². The van der Waals surface area contributed by atoms with Crippen LogP contribution in [0.2, 0.25) is 0 Å². The first-order valence-corrected chi connectivity index (χ1v) is 8.49. The molecule has 0 aliphatic rings. The first-order chi connectivity index (χ1) is 10.5. The van der Waals surface area contributed by atoms with E-state index in [0.717, 1.165) is 11.6 Å². The van der Waals surface area contributed by atoms with Gasteiger partial charge in [0.2, 0.25) is 0 Å². The van der Waals surface area contributed by atoms with Crippen LogP contribution in [0.25, 0.3) is 0 Å². The minimum absolute atomic E-state index is 0.0387. The minimum Gasteiger partial charge on any atom is -0.491 e. The van der Waals surface area contributed by atoms with Gasteiger partial charge >= 0.3 is 0 Å². The lowest BCUT2D eigenvalue weighted by Crippen LogP contribution is -2.14. The number of halogens is 1. The maximum absolute atomic E-state index is 13.6. The summed E-state index contributed by atoms with van der Waals surface area (Å²) in [5.74, 6) is -0.663. The molecule has 0 amide bonds. The van der Waals surface area contributed by atoms with Gasteiger partial charge in [-0.3, -0.25) is 4.72 Å². The molecule has 0 atom stereocenters. The molecule has 0 heterocycles. The Morgan fingerprint density at radius 1 is 1.14 bits per heavy atom. The Morgan fingerprint density at radius 2 is 1.86 bits per heavy atom. The van der Waals surface area contributed by atoms with Crippen molar-refractivity contribution in [2.45, 2.75) is 25.2 Å². The van der Waals surface area contributed by atoms with Crippen molar-refractivity contribution >= 4 is 15.7 Å². The zero-order valence-electron chi connectivity index (χ0n) is 12.5. The van der Waals surface area contributed by atoms with E-state index >= 15 is 0 Å². The first-order valence-electron chi connectivity index (χ1n) is 7.01. The van der Waals surface area contributed by atoms with Gasteiger partial charge in [-0.15, -0.1) is 0 Å². The number of anilines is 1. The highest BCUT2D eigenvalue weighted by Gasteiger charge is 2.18. The number of para-hydroxylation sites is 1. The first kappa shape index (κ1) is 16.3. The molecule has 0 bridgehead atoms. The normalized spacial score (nSPS) is 11.2. The molecule has 0 aliphatic carbocycles. The molecule has 0 fully saturated rings. The van der Waals surface area contributed by atoms with E-state index in [1.54, 1.807) is 19.1 Å². The SMILES string of the molecule is CCOc1cc(S(=O)(=O)Nc2ccccc2CC)ccc1F.